The van der Waals surface area contributed by atoms with Crippen LogP contribution in [0.2, 0.25) is 0 Å². The molecular weight excluding hydrogens is 474 g/mol. The number of nitrogens with one attached hydrogen (secondary N) is 2. The number of rotatable bonds is 6. The average molecular weight is 496 g/mol. The maximum atomic E-state index is 13.2. The second kappa shape index (κ2) is 8.67. The molecule has 0 aliphatic carbocycles. The van der Waals surface area contributed by atoms with Gasteiger partial charge in [-0.2, -0.15) is 0 Å². The van der Waals surface area contributed by atoms with Crippen LogP contribution in [0.4, 0.5) is 5.95 Å². The molecule has 2 aliphatic rings. The fraction of sp³-hybridized carbons (Fsp3) is 0.261. The molecule has 0 saturated carbocycles. The van der Waals surface area contributed by atoms with E-state index in [2.05, 4.69) is 25.0 Å². The van der Waals surface area contributed by atoms with Crippen LogP contribution >= 0.6 is 11.3 Å². The van der Waals surface area contributed by atoms with Crippen LogP contribution in [-0.4, -0.2) is 60.9 Å². The molecule has 4 aromatic rings. The third-order valence-corrected chi connectivity index (χ3v) is 8.40. The second-order valence-electron chi connectivity index (χ2n) is 8.15. The van der Waals surface area contributed by atoms with Gasteiger partial charge in [0.05, 0.1) is 41.4 Å². The van der Waals surface area contributed by atoms with Crippen molar-refractivity contribution in [1.29, 1.82) is 0 Å². The molecular formula is C23H21N5O4S2. The molecule has 0 spiro atoms. The maximum Gasteiger partial charge on any atom is 0.243 e. The zero-order chi connectivity index (χ0) is 23.1. The summed E-state index contributed by atoms with van der Waals surface area (Å²) in [6.07, 6.45) is 2.55. The Morgan fingerprint density at radius 1 is 0.912 bits per heavy atom. The van der Waals surface area contributed by atoms with Gasteiger partial charge in [0.2, 0.25) is 16.0 Å². The van der Waals surface area contributed by atoms with Crippen molar-refractivity contribution < 1.29 is 17.9 Å². The number of nitrogens with zero attached hydrogens (tertiary/aromatic N) is 3. The zero-order valence-electron chi connectivity index (χ0n) is 17.9. The third-order valence-electron chi connectivity index (χ3n) is 5.99. The van der Waals surface area contributed by atoms with Gasteiger partial charge in [0.15, 0.2) is 0 Å². The van der Waals surface area contributed by atoms with Crippen molar-refractivity contribution >= 4 is 38.2 Å². The van der Waals surface area contributed by atoms with Gasteiger partial charge in [-0.05, 0) is 29.6 Å². The molecule has 2 aliphatic heterocycles. The Bertz CT molecular complexity index is 1430. The summed E-state index contributed by atoms with van der Waals surface area (Å²) in [6.45, 7) is 0.566. The summed E-state index contributed by atoms with van der Waals surface area (Å²) in [5.41, 5.74) is 1.27. The summed E-state index contributed by atoms with van der Waals surface area (Å²) in [6, 6.07) is 13.9. The summed E-state index contributed by atoms with van der Waals surface area (Å²) >= 11 is 1.61. The molecule has 5 heterocycles. The van der Waals surface area contributed by atoms with Crippen molar-refractivity contribution in [2.75, 3.05) is 18.5 Å². The number of ether oxygens (including phenoxy) is 2. The summed E-state index contributed by atoms with van der Waals surface area (Å²) in [4.78, 5) is 14.4. The van der Waals surface area contributed by atoms with E-state index < -0.39 is 22.2 Å². The molecule has 11 heteroatoms. The van der Waals surface area contributed by atoms with E-state index in [4.69, 9.17) is 9.47 Å². The number of sulfonamides is 1. The molecule has 174 valence electrons. The van der Waals surface area contributed by atoms with Gasteiger partial charge >= 0.3 is 0 Å². The minimum absolute atomic E-state index is 0.139. The topological polar surface area (TPSA) is 115 Å². The molecule has 0 bridgehead atoms. The predicted molar refractivity (Wildman–Crippen MR) is 128 cm³/mol. The van der Waals surface area contributed by atoms with Crippen LogP contribution < -0.4 is 10.0 Å². The highest BCUT2D eigenvalue weighted by Crippen LogP contribution is 2.31. The molecule has 4 atom stereocenters. The number of hydrogen-bond donors (Lipinski definition) is 2. The van der Waals surface area contributed by atoms with Crippen LogP contribution in [0.3, 0.4) is 0 Å². The van der Waals surface area contributed by atoms with Crippen molar-refractivity contribution in [3.63, 3.8) is 0 Å². The van der Waals surface area contributed by atoms with Gasteiger partial charge < -0.3 is 14.8 Å². The van der Waals surface area contributed by atoms with Crippen molar-refractivity contribution in [2.24, 2.45) is 0 Å². The fourth-order valence-electron chi connectivity index (χ4n) is 4.44. The lowest BCUT2D eigenvalue weighted by molar-refractivity contribution is 0.0690. The molecule has 2 saturated heterocycles. The van der Waals surface area contributed by atoms with Crippen molar-refractivity contribution in [3.8, 4) is 10.6 Å². The Morgan fingerprint density at radius 2 is 1.74 bits per heavy atom. The minimum atomic E-state index is -3.83. The smallest absolute Gasteiger partial charge is 0.243 e. The fourth-order valence-corrected chi connectivity index (χ4v) is 6.54. The largest absolute Gasteiger partial charge is 0.371 e. The van der Waals surface area contributed by atoms with Gasteiger partial charge in [-0.1, -0.05) is 24.3 Å². The highest BCUT2D eigenvalue weighted by Gasteiger charge is 2.49. The van der Waals surface area contributed by atoms with E-state index >= 15 is 0 Å². The highest BCUT2D eigenvalue weighted by atomic mass is 32.2. The SMILES string of the molecule is O=S(=O)(N[C@@H]1CO[C@@H]2[C@@H]1OC[C@@H]2Nc1nccc(-c2cccs2)n1)c1cccc2cccnc12. The van der Waals surface area contributed by atoms with Crippen LogP contribution in [0, 0.1) is 0 Å². The van der Waals surface area contributed by atoms with E-state index in [-0.39, 0.29) is 23.6 Å². The molecule has 9 nitrogen and oxygen atoms in total. The van der Waals surface area contributed by atoms with Crippen molar-refractivity contribution in [2.45, 2.75) is 29.2 Å². The van der Waals surface area contributed by atoms with Gasteiger partial charge in [0, 0.05) is 17.8 Å². The molecule has 0 unspecified atom stereocenters. The van der Waals surface area contributed by atoms with Gasteiger partial charge in [-0.15, -0.1) is 11.3 Å². The molecule has 2 fully saturated rings. The Morgan fingerprint density at radius 3 is 2.59 bits per heavy atom. The zero-order valence-corrected chi connectivity index (χ0v) is 19.5. The van der Waals surface area contributed by atoms with Gasteiger partial charge in [0.1, 0.15) is 17.1 Å². The Balaban J connectivity index is 1.17. The first-order valence-electron chi connectivity index (χ1n) is 10.8. The van der Waals surface area contributed by atoms with E-state index in [0.29, 0.717) is 18.1 Å². The lowest BCUT2D eigenvalue weighted by atomic mass is 10.1. The molecule has 6 rings (SSSR count). The molecule has 0 radical (unpaired) electrons. The van der Waals surface area contributed by atoms with Crippen LogP contribution in [-0.2, 0) is 19.5 Å². The molecule has 2 N–H and O–H groups in total. The number of benzene rings is 1. The lowest BCUT2D eigenvalue weighted by Crippen LogP contribution is -2.44. The number of para-hydroxylation sites is 1. The van der Waals surface area contributed by atoms with Crippen LogP contribution in [0.25, 0.3) is 21.5 Å². The second-order valence-corrected chi connectivity index (χ2v) is 10.8. The molecule has 34 heavy (non-hydrogen) atoms. The van der Waals surface area contributed by atoms with E-state index in [0.717, 1.165) is 16.0 Å². The summed E-state index contributed by atoms with van der Waals surface area (Å²) in [7, 11) is -3.83. The van der Waals surface area contributed by atoms with Crippen LogP contribution in [0.15, 0.2) is 71.2 Å². The maximum absolute atomic E-state index is 13.2. The highest BCUT2D eigenvalue weighted by molar-refractivity contribution is 7.89. The van der Waals surface area contributed by atoms with Gasteiger partial charge in [-0.3, -0.25) is 4.98 Å². The number of anilines is 1. The Labute approximate surface area is 200 Å². The number of aromatic nitrogens is 3. The molecule has 1 aromatic carbocycles. The summed E-state index contributed by atoms with van der Waals surface area (Å²) < 4.78 is 41.1. The summed E-state index contributed by atoms with van der Waals surface area (Å²) in [5.74, 6) is 0.481. The average Bonchev–Trinajstić information content (AvgIpc) is 3.60. The van der Waals surface area contributed by atoms with Gasteiger partial charge in [-0.25, -0.2) is 23.1 Å². The number of hydrogen-bond acceptors (Lipinski definition) is 9. The first kappa shape index (κ1) is 21.6. The van der Waals surface area contributed by atoms with Crippen LogP contribution in [0.5, 0.6) is 0 Å². The Hall–Kier alpha value is -2.96. The summed E-state index contributed by atoms with van der Waals surface area (Å²) in [5, 5.41) is 6.06. The number of thiophene rings is 1. The quantitative estimate of drug-likeness (QED) is 0.420. The van der Waals surface area contributed by atoms with Crippen LogP contribution in [0.1, 0.15) is 0 Å². The lowest BCUT2D eigenvalue weighted by Gasteiger charge is -2.19. The molecule has 3 aromatic heterocycles. The monoisotopic (exact) mass is 495 g/mol. The van der Waals surface area contributed by atoms with E-state index in [1.54, 1.807) is 41.9 Å². The standard InChI is InChI=1S/C23H21N5O4S2/c29-34(30,19-7-1-4-14-5-2-9-24-20(14)19)28-17-13-32-21-16(12-31-22(17)21)27-23-25-10-8-15(26-23)18-6-3-11-33-18/h1-11,16-17,21-22,28H,12-13H2,(H,25,26,27)/t16-,17+,21-,22+/m0/s1. The van der Waals surface area contributed by atoms with Crippen molar-refractivity contribution in [1.82, 2.24) is 19.7 Å². The van der Waals surface area contributed by atoms with E-state index in [1.807, 2.05) is 35.7 Å². The predicted octanol–water partition coefficient (Wildman–Crippen LogP) is 2.68. The minimum Gasteiger partial charge on any atom is -0.371 e. The first-order valence-corrected chi connectivity index (χ1v) is 13.2. The first-order chi connectivity index (χ1) is 16.6. The molecule has 0 amide bonds. The van der Waals surface area contributed by atoms with E-state index in [1.165, 1.54) is 0 Å². The number of pyridine rings is 1. The van der Waals surface area contributed by atoms with Gasteiger partial charge in [0.25, 0.3) is 0 Å². The Kier molecular flexibility index (Phi) is 5.50. The van der Waals surface area contributed by atoms with Crippen molar-refractivity contribution in [3.05, 3.63) is 66.3 Å². The van der Waals surface area contributed by atoms with E-state index in [9.17, 15) is 8.42 Å². The number of fused-ring (bicyclic) bond motifs is 2. The third kappa shape index (κ3) is 3.95. The normalized spacial score (nSPS) is 24.4.